The minimum absolute atomic E-state index is 0.0312. The minimum Gasteiger partial charge on any atom is -0.479 e. The average Bonchev–Trinajstić information content (AvgIpc) is 2.61. The molecule has 2 aromatic carbocycles. The minimum atomic E-state index is -2.92. The van der Waals surface area contributed by atoms with Crippen molar-refractivity contribution in [3.63, 3.8) is 0 Å². The molecule has 0 aromatic heterocycles. The van der Waals surface area contributed by atoms with Crippen molar-refractivity contribution >= 4 is 17.6 Å². The molecule has 0 aliphatic rings. The van der Waals surface area contributed by atoms with Gasteiger partial charge in [-0.25, -0.2) is 4.79 Å². The van der Waals surface area contributed by atoms with Crippen molar-refractivity contribution in [1.82, 2.24) is 0 Å². The Morgan fingerprint density at radius 1 is 0.962 bits per heavy atom. The molecule has 1 N–H and O–H groups in total. The predicted octanol–water partition coefficient (Wildman–Crippen LogP) is 3.24. The number of esters is 1. The Kier molecular flexibility index (Phi) is 6.90. The van der Waals surface area contributed by atoms with Gasteiger partial charge in [-0.2, -0.15) is 8.78 Å². The van der Waals surface area contributed by atoms with Crippen LogP contribution in [0, 0.1) is 0 Å². The third-order valence-electron chi connectivity index (χ3n) is 3.10. The Hall–Kier alpha value is -3.16. The van der Waals surface area contributed by atoms with Crippen LogP contribution in [0.3, 0.4) is 0 Å². The molecule has 138 valence electrons. The number of alkyl halides is 2. The fourth-order valence-electron chi connectivity index (χ4n) is 1.92. The summed E-state index contributed by atoms with van der Waals surface area (Å²) < 4.78 is 38.6. The Morgan fingerprint density at radius 3 is 2.19 bits per heavy atom. The molecule has 0 spiro atoms. The van der Waals surface area contributed by atoms with Gasteiger partial charge in [-0.3, -0.25) is 4.79 Å². The summed E-state index contributed by atoms with van der Waals surface area (Å²) in [6, 6.07) is 14.1. The molecule has 0 bridgehead atoms. The van der Waals surface area contributed by atoms with Crippen LogP contribution in [-0.2, 0) is 14.3 Å². The van der Waals surface area contributed by atoms with Gasteiger partial charge in [0.25, 0.3) is 5.91 Å². The van der Waals surface area contributed by atoms with Gasteiger partial charge >= 0.3 is 12.6 Å². The van der Waals surface area contributed by atoms with Crippen LogP contribution >= 0.6 is 0 Å². The zero-order chi connectivity index (χ0) is 18.9. The summed E-state index contributed by atoms with van der Waals surface area (Å²) in [6.45, 7) is -1.92. The quantitative estimate of drug-likeness (QED) is 0.727. The van der Waals surface area contributed by atoms with Crippen molar-refractivity contribution in [3.05, 3.63) is 54.6 Å². The number of para-hydroxylation sites is 1. The number of anilines is 1. The molecule has 0 unspecified atom stereocenters. The van der Waals surface area contributed by atoms with Crippen molar-refractivity contribution in [2.24, 2.45) is 0 Å². The van der Waals surface area contributed by atoms with Gasteiger partial charge in [0.05, 0.1) is 0 Å². The van der Waals surface area contributed by atoms with Gasteiger partial charge in [0.1, 0.15) is 11.5 Å². The van der Waals surface area contributed by atoms with Crippen LogP contribution in [0.4, 0.5) is 14.5 Å². The summed E-state index contributed by atoms with van der Waals surface area (Å²) in [4.78, 5) is 23.6. The maximum atomic E-state index is 12.1. The maximum absolute atomic E-state index is 12.1. The molecular weight excluding hydrogens is 348 g/mol. The number of amides is 1. The van der Waals surface area contributed by atoms with Crippen molar-refractivity contribution < 1.29 is 32.6 Å². The Balaban J connectivity index is 1.76. The van der Waals surface area contributed by atoms with E-state index in [4.69, 9.17) is 9.47 Å². The Labute approximate surface area is 148 Å². The molecule has 0 saturated heterocycles. The SMILES string of the molecule is C[C@@H](Oc1ccccc1)C(=O)OCC(=O)Nc1ccc(OC(F)F)cc1. The maximum Gasteiger partial charge on any atom is 0.387 e. The van der Waals surface area contributed by atoms with Gasteiger partial charge in [0, 0.05) is 5.69 Å². The first-order valence-electron chi connectivity index (χ1n) is 7.67. The highest BCUT2D eigenvalue weighted by molar-refractivity contribution is 5.93. The van der Waals surface area contributed by atoms with Crippen LogP contribution in [0.1, 0.15) is 6.92 Å². The summed E-state index contributed by atoms with van der Waals surface area (Å²) in [7, 11) is 0. The van der Waals surface area contributed by atoms with Gasteiger partial charge in [-0.05, 0) is 43.3 Å². The van der Waals surface area contributed by atoms with Gasteiger partial charge in [-0.15, -0.1) is 0 Å². The Bertz CT molecular complexity index is 722. The summed E-state index contributed by atoms with van der Waals surface area (Å²) in [6.07, 6.45) is -0.879. The molecule has 0 saturated carbocycles. The third-order valence-corrected chi connectivity index (χ3v) is 3.10. The van der Waals surface area contributed by atoms with Crippen molar-refractivity contribution in [2.45, 2.75) is 19.6 Å². The van der Waals surface area contributed by atoms with Gasteiger partial charge in [0.2, 0.25) is 0 Å². The first-order valence-corrected chi connectivity index (χ1v) is 7.67. The van der Waals surface area contributed by atoms with E-state index in [1.165, 1.54) is 31.2 Å². The molecule has 0 aliphatic heterocycles. The molecule has 0 heterocycles. The highest BCUT2D eigenvalue weighted by atomic mass is 19.3. The van der Waals surface area contributed by atoms with E-state index in [1.807, 2.05) is 6.07 Å². The normalized spacial score (nSPS) is 11.5. The van der Waals surface area contributed by atoms with Crippen LogP contribution < -0.4 is 14.8 Å². The molecule has 1 atom stereocenters. The summed E-state index contributed by atoms with van der Waals surface area (Å²) >= 11 is 0. The fourth-order valence-corrected chi connectivity index (χ4v) is 1.92. The molecule has 8 heteroatoms. The zero-order valence-electron chi connectivity index (χ0n) is 13.9. The number of hydrogen-bond donors (Lipinski definition) is 1. The molecule has 6 nitrogen and oxygen atoms in total. The molecule has 0 radical (unpaired) electrons. The number of ether oxygens (including phenoxy) is 3. The van der Waals surface area contributed by atoms with Crippen LogP contribution in [-0.4, -0.2) is 31.2 Å². The smallest absolute Gasteiger partial charge is 0.387 e. The van der Waals surface area contributed by atoms with E-state index in [-0.39, 0.29) is 5.75 Å². The second kappa shape index (κ2) is 9.36. The second-order valence-electron chi connectivity index (χ2n) is 5.13. The summed E-state index contributed by atoms with van der Waals surface area (Å²) in [5.41, 5.74) is 0.348. The van der Waals surface area contributed by atoms with Crippen molar-refractivity contribution in [2.75, 3.05) is 11.9 Å². The van der Waals surface area contributed by atoms with E-state index >= 15 is 0 Å². The van der Waals surface area contributed by atoms with E-state index < -0.39 is 31.2 Å². The molecule has 2 aromatic rings. The lowest BCUT2D eigenvalue weighted by molar-refractivity contribution is -0.153. The van der Waals surface area contributed by atoms with Crippen LogP contribution in [0.2, 0.25) is 0 Å². The molecule has 2 rings (SSSR count). The first-order chi connectivity index (χ1) is 12.4. The topological polar surface area (TPSA) is 73.9 Å². The van der Waals surface area contributed by atoms with Crippen LogP contribution in [0.5, 0.6) is 11.5 Å². The number of hydrogen-bond acceptors (Lipinski definition) is 5. The first kappa shape index (κ1) is 19.2. The molecular formula is C18H17F2NO5. The fraction of sp³-hybridized carbons (Fsp3) is 0.222. The van der Waals surface area contributed by atoms with Gasteiger partial charge < -0.3 is 19.5 Å². The number of nitrogens with one attached hydrogen (secondary N) is 1. The third kappa shape index (κ3) is 6.39. The van der Waals surface area contributed by atoms with E-state index in [9.17, 15) is 18.4 Å². The molecule has 26 heavy (non-hydrogen) atoms. The van der Waals surface area contributed by atoms with E-state index in [2.05, 4.69) is 10.1 Å². The molecule has 0 fully saturated rings. The van der Waals surface area contributed by atoms with Crippen LogP contribution in [0.15, 0.2) is 54.6 Å². The van der Waals surface area contributed by atoms with E-state index in [0.29, 0.717) is 11.4 Å². The van der Waals surface area contributed by atoms with Gasteiger partial charge in [0.15, 0.2) is 12.7 Å². The van der Waals surface area contributed by atoms with E-state index in [0.717, 1.165) is 0 Å². The summed E-state index contributed by atoms with van der Waals surface area (Å²) in [5, 5.41) is 2.47. The lowest BCUT2D eigenvalue weighted by Gasteiger charge is -2.14. The lowest BCUT2D eigenvalue weighted by Crippen LogP contribution is -2.29. The lowest BCUT2D eigenvalue weighted by atomic mass is 10.3. The number of carbonyl (C=O) groups excluding carboxylic acids is 2. The van der Waals surface area contributed by atoms with Gasteiger partial charge in [-0.1, -0.05) is 18.2 Å². The van der Waals surface area contributed by atoms with Crippen LogP contribution in [0.25, 0.3) is 0 Å². The molecule has 0 aliphatic carbocycles. The predicted molar refractivity (Wildman–Crippen MR) is 89.2 cm³/mol. The number of rotatable bonds is 8. The van der Waals surface area contributed by atoms with Crippen molar-refractivity contribution in [1.29, 1.82) is 0 Å². The number of halogens is 2. The largest absolute Gasteiger partial charge is 0.479 e. The van der Waals surface area contributed by atoms with E-state index in [1.54, 1.807) is 24.3 Å². The Morgan fingerprint density at radius 2 is 1.58 bits per heavy atom. The summed E-state index contributed by atoms with van der Waals surface area (Å²) in [5.74, 6) is -0.790. The highest BCUT2D eigenvalue weighted by Gasteiger charge is 2.17. The highest BCUT2D eigenvalue weighted by Crippen LogP contribution is 2.17. The standard InChI is InChI=1S/C18H17F2NO5/c1-12(25-14-5-3-2-4-6-14)17(23)24-11-16(22)21-13-7-9-15(10-8-13)26-18(19)20/h2-10,12,18H,11H2,1H3,(H,21,22)/t12-/m1/s1. The molecule has 1 amide bonds. The average molecular weight is 365 g/mol. The number of carbonyl (C=O) groups is 2. The second-order valence-corrected chi connectivity index (χ2v) is 5.13. The monoisotopic (exact) mass is 365 g/mol. The zero-order valence-corrected chi connectivity index (χ0v) is 13.9. The van der Waals surface area contributed by atoms with Crippen molar-refractivity contribution in [3.8, 4) is 11.5 Å². The number of benzene rings is 2.